The minimum atomic E-state index is -3.83. The molecule has 23 heavy (non-hydrogen) atoms. The molecule has 0 fully saturated rings. The monoisotopic (exact) mass is 350 g/mol. The zero-order valence-electron chi connectivity index (χ0n) is 15.7. The first-order chi connectivity index (χ1) is 10.8. The molecule has 0 aliphatic carbocycles. The van der Waals surface area contributed by atoms with Crippen molar-refractivity contribution >= 4 is 10.1 Å². The molecule has 0 aliphatic rings. The van der Waals surface area contributed by atoms with E-state index < -0.39 is 10.1 Å². The van der Waals surface area contributed by atoms with Crippen molar-refractivity contribution in [2.45, 2.75) is 84.0 Å². The molecular weight excluding hydrogens is 310 g/mol. The highest BCUT2D eigenvalue weighted by atomic mass is 32.2. The maximum absolute atomic E-state index is 10.8. The van der Waals surface area contributed by atoms with E-state index in [1.54, 1.807) is 0 Å². The predicted octanol–water partition coefficient (Wildman–Crippen LogP) is 4.65. The predicted molar refractivity (Wildman–Crippen MR) is 99.3 cm³/mol. The van der Waals surface area contributed by atoms with Crippen LogP contribution < -0.4 is 0 Å². The van der Waals surface area contributed by atoms with Gasteiger partial charge in [0.2, 0.25) is 0 Å². The average Bonchev–Trinajstić information content (AvgIpc) is 2.46. The molecule has 0 aromatic rings. The topological polar surface area (TPSA) is 54.4 Å². The summed E-state index contributed by atoms with van der Waals surface area (Å²) in [6.45, 7) is 3.72. The van der Waals surface area contributed by atoms with Crippen LogP contribution in [0.3, 0.4) is 0 Å². The number of rotatable bonds is 16. The number of quaternary nitrogens is 1. The molecule has 0 aromatic carbocycles. The van der Waals surface area contributed by atoms with Gasteiger partial charge in [-0.3, -0.25) is 4.55 Å². The normalized spacial score (nSPS) is 12.7. The molecule has 140 valence electrons. The standard InChI is InChI=1S/C18H39NO3S/c1-4-5-6-7-8-9-10-11-12-13-14-15-16-19(2,3)17-18-23(20,21)22/h4-18H2,1-3H3/p+1. The summed E-state index contributed by atoms with van der Waals surface area (Å²) in [6.07, 6.45) is 16.0. The van der Waals surface area contributed by atoms with Crippen LogP contribution in [-0.4, -0.2) is 50.4 Å². The molecule has 0 saturated carbocycles. The van der Waals surface area contributed by atoms with Gasteiger partial charge >= 0.3 is 0 Å². The lowest BCUT2D eigenvalue weighted by Crippen LogP contribution is -2.43. The molecule has 0 unspecified atom stereocenters. The van der Waals surface area contributed by atoms with E-state index in [1.165, 1.54) is 70.6 Å². The third-order valence-corrected chi connectivity index (χ3v) is 5.27. The summed E-state index contributed by atoms with van der Waals surface area (Å²) >= 11 is 0. The number of hydrogen-bond donors (Lipinski definition) is 1. The molecule has 1 N–H and O–H groups in total. The molecule has 4 nitrogen and oxygen atoms in total. The molecule has 0 amide bonds. The third kappa shape index (κ3) is 18.1. The van der Waals surface area contributed by atoms with Gasteiger partial charge in [-0.25, -0.2) is 0 Å². The van der Waals surface area contributed by atoms with E-state index in [9.17, 15) is 8.42 Å². The molecule has 0 aliphatic heterocycles. The Morgan fingerprint density at radius 2 is 1.09 bits per heavy atom. The van der Waals surface area contributed by atoms with E-state index in [4.69, 9.17) is 4.55 Å². The van der Waals surface area contributed by atoms with Gasteiger partial charge in [0.15, 0.2) is 0 Å². The van der Waals surface area contributed by atoms with Gasteiger partial charge in [-0.15, -0.1) is 0 Å². The summed E-state index contributed by atoms with van der Waals surface area (Å²) in [5.74, 6) is -0.141. The van der Waals surface area contributed by atoms with Crippen molar-refractivity contribution in [1.29, 1.82) is 0 Å². The van der Waals surface area contributed by atoms with Crippen LogP contribution in [0.1, 0.15) is 84.0 Å². The van der Waals surface area contributed by atoms with E-state index in [0.29, 0.717) is 11.0 Å². The first-order valence-electron chi connectivity index (χ1n) is 9.54. The average molecular weight is 351 g/mol. The third-order valence-electron chi connectivity index (χ3n) is 4.57. The van der Waals surface area contributed by atoms with Gasteiger partial charge in [-0.05, 0) is 12.8 Å². The van der Waals surface area contributed by atoms with Crippen molar-refractivity contribution in [3.8, 4) is 0 Å². The lowest BCUT2D eigenvalue weighted by Gasteiger charge is -2.29. The van der Waals surface area contributed by atoms with Gasteiger partial charge in [0.05, 0.1) is 27.2 Å². The zero-order valence-corrected chi connectivity index (χ0v) is 16.5. The molecule has 0 atom stereocenters. The Morgan fingerprint density at radius 1 is 0.696 bits per heavy atom. The maximum atomic E-state index is 10.8. The molecule has 0 aromatic heterocycles. The molecular formula is C18H40NO3S+. The zero-order chi connectivity index (χ0) is 17.6. The van der Waals surface area contributed by atoms with Crippen LogP contribution >= 0.6 is 0 Å². The van der Waals surface area contributed by atoms with Gasteiger partial charge in [0.1, 0.15) is 5.75 Å². The molecule has 0 bridgehead atoms. The van der Waals surface area contributed by atoms with Crippen LogP contribution in [0.5, 0.6) is 0 Å². The van der Waals surface area contributed by atoms with Gasteiger partial charge in [0, 0.05) is 0 Å². The number of unbranched alkanes of at least 4 members (excludes halogenated alkanes) is 11. The van der Waals surface area contributed by atoms with Gasteiger partial charge in [-0.1, -0.05) is 71.1 Å². The van der Waals surface area contributed by atoms with Crippen molar-refractivity contribution in [2.24, 2.45) is 0 Å². The van der Waals surface area contributed by atoms with E-state index in [1.807, 2.05) is 14.1 Å². The Labute approximate surface area is 145 Å². The molecule has 0 spiro atoms. The fourth-order valence-electron chi connectivity index (χ4n) is 2.86. The second kappa shape index (κ2) is 13.2. The fourth-order valence-corrected chi connectivity index (χ4v) is 3.58. The van der Waals surface area contributed by atoms with Crippen molar-refractivity contribution < 1.29 is 17.5 Å². The smallest absolute Gasteiger partial charge is 0.270 e. The van der Waals surface area contributed by atoms with Gasteiger partial charge in [-0.2, -0.15) is 8.42 Å². The number of hydrogen-bond acceptors (Lipinski definition) is 2. The van der Waals surface area contributed by atoms with Crippen molar-refractivity contribution in [2.75, 3.05) is 32.9 Å². The Bertz CT molecular complexity index is 366. The summed E-state index contributed by atoms with van der Waals surface area (Å²) in [4.78, 5) is 0. The summed E-state index contributed by atoms with van der Waals surface area (Å²) in [6, 6.07) is 0. The maximum Gasteiger partial charge on any atom is 0.270 e. The lowest BCUT2D eigenvalue weighted by atomic mass is 10.1. The molecule has 0 heterocycles. The van der Waals surface area contributed by atoms with Crippen molar-refractivity contribution in [1.82, 2.24) is 0 Å². The first kappa shape index (κ1) is 22.9. The summed E-state index contributed by atoms with van der Waals surface area (Å²) in [5.41, 5.74) is 0. The highest BCUT2D eigenvalue weighted by Crippen LogP contribution is 2.12. The summed E-state index contributed by atoms with van der Waals surface area (Å²) < 4.78 is 31.1. The SMILES string of the molecule is CCCCCCCCCCCCCC[N+](C)(C)CCS(=O)(=O)O. The van der Waals surface area contributed by atoms with Crippen molar-refractivity contribution in [3.63, 3.8) is 0 Å². The fraction of sp³-hybridized carbons (Fsp3) is 1.00. The van der Waals surface area contributed by atoms with Crippen LogP contribution in [0.25, 0.3) is 0 Å². The van der Waals surface area contributed by atoms with Crippen LogP contribution in [0.15, 0.2) is 0 Å². The lowest BCUT2D eigenvalue weighted by molar-refractivity contribution is -0.888. The Balaban J connectivity index is 3.38. The van der Waals surface area contributed by atoms with E-state index in [0.717, 1.165) is 13.0 Å². The van der Waals surface area contributed by atoms with Crippen LogP contribution in [0.2, 0.25) is 0 Å². The summed E-state index contributed by atoms with van der Waals surface area (Å²) in [5, 5.41) is 0. The van der Waals surface area contributed by atoms with E-state index in [2.05, 4.69) is 6.92 Å². The Kier molecular flexibility index (Phi) is 13.1. The van der Waals surface area contributed by atoms with Crippen molar-refractivity contribution in [3.05, 3.63) is 0 Å². The van der Waals surface area contributed by atoms with Crippen LogP contribution in [-0.2, 0) is 10.1 Å². The highest BCUT2D eigenvalue weighted by Gasteiger charge is 2.18. The second-order valence-corrected chi connectivity index (χ2v) is 9.13. The molecule has 0 radical (unpaired) electrons. The summed E-state index contributed by atoms with van der Waals surface area (Å²) in [7, 11) is 0.234. The molecule has 0 saturated heterocycles. The van der Waals surface area contributed by atoms with E-state index >= 15 is 0 Å². The first-order valence-corrected chi connectivity index (χ1v) is 11.1. The Morgan fingerprint density at radius 3 is 1.48 bits per heavy atom. The largest absolute Gasteiger partial charge is 0.328 e. The highest BCUT2D eigenvalue weighted by molar-refractivity contribution is 7.85. The number of nitrogens with zero attached hydrogens (tertiary/aromatic N) is 1. The van der Waals surface area contributed by atoms with Gasteiger partial charge < -0.3 is 4.48 Å². The molecule has 0 rings (SSSR count). The minimum Gasteiger partial charge on any atom is -0.328 e. The minimum absolute atomic E-state index is 0.141. The second-order valence-electron chi connectivity index (χ2n) is 7.56. The van der Waals surface area contributed by atoms with Crippen LogP contribution in [0, 0.1) is 0 Å². The van der Waals surface area contributed by atoms with Gasteiger partial charge in [0.25, 0.3) is 10.1 Å². The molecule has 5 heteroatoms. The van der Waals surface area contributed by atoms with Crippen LogP contribution in [0.4, 0.5) is 0 Å². The Hall–Kier alpha value is -0.130. The van der Waals surface area contributed by atoms with E-state index in [-0.39, 0.29) is 5.75 Å². The quantitative estimate of drug-likeness (QED) is 0.250.